The Morgan fingerprint density at radius 2 is 1.52 bits per heavy atom. The molecule has 0 aromatic heterocycles. The third-order valence-corrected chi connectivity index (χ3v) is 2.51. The number of carboxylic acids is 1. The number of halogens is 6. The van der Waals surface area contributed by atoms with Crippen molar-refractivity contribution in [2.45, 2.75) is 18.5 Å². The summed E-state index contributed by atoms with van der Waals surface area (Å²) >= 11 is 0. The number of aliphatic hydroxyl groups excluding tert-OH is 1. The van der Waals surface area contributed by atoms with E-state index in [4.69, 9.17) is 5.11 Å². The molecule has 4 nitrogen and oxygen atoms in total. The molecule has 1 unspecified atom stereocenters. The van der Waals surface area contributed by atoms with E-state index in [1.807, 2.05) is 0 Å². The summed E-state index contributed by atoms with van der Waals surface area (Å²) < 4.78 is 80.5. The number of carbonyl (C=O) groups is 1. The fourth-order valence-electron chi connectivity index (χ4n) is 1.59. The van der Waals surface area contributed by atoms with Gasteiger partial charge in [-0.25, -0.2) is 4.79 Å². The Labute approximate surface area is 113 Å². The number of aliphatic hydroxyl groups is 1. The van der Waals surface area contributed by atoms with Gasteiger partial charge in [0.05, 0.1) is 18.2 Å². The molecule has 1 rings (SSSR count). The van der Waals surface area contributed by atoms with Gasteiger partial charge in [-0.05, 0) is 12.1 Å². The lowest BCUT2D eigenvalue weighted by atomic mass is 9.98. The number of methoxy groups -OCH3 is 1. The molecule has 0 radical (unpaired) electrons. The number of aliphatic carboxylic acids is 1. The molecule has 1 aromatic rings. The molecule has 0 saturated heterocycles. The maximum Gasteiger partial charge on any atom is 0.417 e. The minimum atomic E-state index is -5.38. The van der Waals surface area contributed by atoms with Crippen LogP contribution in [0.4, 0.5) is 26.3 Å². The normalized spacial score (nSPS) is 13.9. The smallest absolute Gasteiger partial charge is 0.417 e. The van der Waals surface area contributed by atoms with Crippen molar-refractivity contribution in [2.24, 2.45) is 0 Å². The third-order valence-electron chi connectivity index (χ3n) is 2.51. The lowest BCUT2D eigenvalue weighted by Crippen LogP contribution is -2.19. The number of hydrogen-bond acceptors (Lipinski definition) is 3. The van der Waals surface area contributed by atoms with Gasteiger partial charge in [0.2, 0.25) is 0 Å². The van der Waals surface area contributed by atoms with Crippen LogP contribution < -0.4 is 4.74 Å². The monoisotopic (exact) mass is 318 g/mol. The predicted octanol–water partition coefficient (Wildman–Crippen LogP) is 2.85. The van der Waals surface area contributed by atoms with Crippen LogP contribution in [0.2, 0.25) is 0 Å². The van der Waals surface area contributed by atoms with E-state index >= 15 is 0 Å². The van der Waals surface area contributed by atoms with Crippen molar-refractivity contribution < 1.29 is 46.1 Å². The zero-order valence-electron chi connectivity index (χ0n) is 10.2. The Morgan fingerprint density at radius 3 is 1.86 bits per heavy atom. The van der Waals surface area contributed by atoms with Crippen LogP contribution in [0.1, 0.15) is 22.8 Å². The van der Waals surface area contributed by atoms with Crippen LogP contribution in [-0.2, 0) is 17.1 Å². The van der Waals surface area contributed by atoms with Gasteiger partial charge in [-0.15, -0.1) is 0 Å². The standard InChI is InChI=1S/C11H8F6O4/c1-21-7-3-6(11(15,16)17)5(10(12,13)14)2-4(7)8(18)9(19)20/h2-3,8,18H,1H3,(H,19,20). The summed E-state index contributed by atoms with van der Waals surface area (Å²) in [7, 11) is 0.834. The fourth-order valence-corrected chi connectivity index (χ4v) is 1.59. The molecule has 0 aliphatic heterocycles. The minimum absolute atomic E-state index is 0.00428. The van der Waals surface area contributed by atoms with Gasteiger partial charge in [-0.3, -0.25) is 0 Å². The van der Waals surface area contributed by atoms with Gasteiger partial charge in [0, 0.05) is 5.56 Å². The van der Waals surface area contributed by atoms with Crippen LogP contribution >= 0.6 is 0 Å². The Balaban J connectivity index is 3.68. The van der Waals surface area contributed by atoms with Gasteiger partial charge in [0.15, 0.2) is 6.10 Å². The molecular formula is C11H8F6O4. The second-order valence-electron chi connectivity index (χ2n) is 3.88. The van der Waals surface area contributed by atoms with E-state index < -0.39 is 46.9 Å². The highest BCUT2D eigenvalue weighted by molar-refractivity contribution is 5.75. The molecule has 0 fully saturated rings. The van der Waals surface area contributed by atoms with E-state index in [0.717, 1.165) is 7.11 Å². The van der Waals surface area contributed by atoms with E-state index in [1.165, 1.54) is 0 Å². The number of hydrogen-bond donors (Lipinski definition) is 2. The zero-order valence-corrected chi connectivity index (χ0v) is 10.2. The van der Waals surface area contributed by atoms with Crippen molar-refractivity contribution in [1.29, 1.82) is 0 Å². The average molecular weight is 318 g/mol. The van der Waals surface area contributed by atoms with Crippen molar-refractivity contribution in [3.63, 3.8) is 0 Å². The third kappa shape index (κ3) is 3.57. The van der Waals surface area contributed by atoms with E-state index in [0.29, 0.717) is 0 Å². The van der Waals surface area contributed by atoms with Crippen molar-refractivity contribution in [3.05, 3.63) is 28.8 Å². The summed E-state index contributed by atoms with van der Waals surface area (Å²) in [4.78, 5) is 10.6. The maximum atomic E-state index is 12.7. The molecule has 0 amide bonds. The number of alkyl halides is 6. The molecule has 1 aromatic carbocycles. The van der Waals surface area contributed by atoms with Crippen molar-refractivity contribution in [2.75, 3.05) is 7.11 Å². The van der Waals surface area contributed by atoms with Crippen LogP contribution in [0.3, 0.4) is 0 Å². The van der Waals surface area contributed by atoms with Gasteiger partial charge in [0.1, 0.15) is 5.75 Å². The molecule has 0 saturated carbocycles. The number of rotatable bonds is 3. The molecule has 1 atom stereocenters. The summed E-state index contributed by atoms with van der Waals surface area (Å²) in [5.74, 6) is -2.74. The van der Waals surface area contributed by atoms with Crippen LogP contribution in [-0.4, -0.2) is 23.3 Å². The lowest BCUT2D eigenvalue weighted by Gasteiger charge is -2.20. The first-order valence-corrected chi connectivity index (χ1v) is 5.16. The highest BCUT2D eigenvalue weighted by Gasteiger charge is 2.44. The first-order valence-electron chi connectivity index (χ1n) is 5.16. The van der Waals surface area contributed by atoms with E-state index in [9.17, 15) is 36.2 Å². The van der Waals surface area contributed by atoms with Crippen molar-refractivity contribution in [3.8, 4) is 5.75 Å². The maximum absolute atomic E-state index is 12.7. The van der Waals surface area contributed by atoms with Crippen LogP contribution in [0.5, 0.6) is 5.75 Å². The molecule has 0 aliphatic rings. The Kier molecular flexibility index (Phi) is 4.42. The molecular weight excluding hydrogens is 310 g/mol. The van der Waals surface area contributed by atoms with Crippen molar-refractivity contribution in [1.82, 2.24) is 0 Å². The van der Waals surface area contributed by atoms with E-state index in [1.54, 1.807) is 0 Å². The van der Waals surface area contributed by atoms with Gasteiger partial charge < -0.3 is 14.9 Å². The van der Waals surface area contributed by atoms with E-state index in [-0.39, 0.29) is 12.1 Å². The molecule has 0 spiro atoms. The fraction of sp³-hybridized carbons (Fsp3) is 0.364. The molecule has 10 heteroatoms. The second-order valence-corrected chi connectivity index (χ2v) is 3.88. The Morgan fingerprint density at radius 1 is 1.10 bits per heavy atom. The second kappa shape index (κ2) is 5.43. The Hall–Kier alpha value is -1.97. The topological polar surface area (TPSA) is 66.8 Å². The molecule has 0 bridgehead atoms. The quantitative estimate of drug-likeness (QED) is 0.841. The first kappa shape index (κ1) is 17.1. The summed E-state index contributed by atoms with van der Waals surface area (Å²) in [6, 6.07) is -0.0786. The molecule has 0 heterocycles. The number of benzene rings is 1. The average Bonchev–Trinajstić information content (AvgIpc) is 2.33. The Bertz CT molecular complexity index is 549. The van der Waals surface area contributed by atoms with E-state index in [2.05, 4.69) is 4.74 Å². The number of carboxylic acid groups (broad SMARTS) is 1. The predicted molar refractivity (Wildman–Crippen MR) is 55.6 cm³/mol. The largest absolute Gasteiger partial charge is 0.496 e. The highest BCUT2D eigenvalue weighted by atomic mass is 19.4. The minimum Gasteiger partial charge on any atom is -0.496 e. The van der Waals surface area contributed by atoms with Crippen LogP contribution in [0.25, 0.3) is 0 Å². The van der Waals surface area contributed by atoms with Crippen LogP contribution in [0, 0.1) is 0 Å². The first-order chi connectivity index (χ1) is 9.39. The highest BCUT2D eigenvalue weighted by Crippen LogP contribution is 2.44. The summed E-state index contributed by atoms with van der Waals surface area (Å²) in [6.07, 6.45) is -13.2. The molecule has 118 valence electrons. The van der Waals surface area contributed by atoms with Crippen LogP contribution in [0.15, 0.2) is 12.1 Å². The van der Waals surface area contributed by atoms with Gasteiger partial charge in [-0.2, -0.15) is 26.3 Å². The summed E-state index contributed by atoms with van der Waals surface area (Å²) in [5, 5.41) is 17.8. The lowest BCUT2D eigenvalue weighted by molar-refractivity contribution is -0.162. The number of ether oxygens (including phenoxy) is 1. The summed E-state index contributed by atoms with van der Waals surface area (Å²) in [6.45, 7) is 0. The molecule has 2 N–H and O–H groups in total. The molecule has 21 heavy (non-hydrogen) atoms. The van der Waals surface area contributed by atoms with Crippen molar-refractivity contribution >= 4 is 5.97 Å². The van der Waals surface area contributed by atoms with Gasteiger partial charge in [0.25, 0.3) is 0 Å². The summed E-state index contributed by atoms with van der Waals surface area (Å²) in [5.41, 5.74) is -5.07. The molecule has 0 aliphatic carbocycles. The van der Waals surface area contributed by atoms with Gasteiger partial charge >= 0.3 is 18.3 Å². The SMILES string of the molecule is COc1cc(C(F)(F)F)c(C(F)(F)F)cc1C(O)C(=O)O. The van der Waals surface area contributed by atoms with Gasteiger partial charge in [-0.1, -0.05) is 0 Å². The zero-order chi connectivity index (χ0) is 16.6.